The van der Waals surface area contributed by atoms with Crippen molar-refractivity contribution in [3.63, 3.8) is 0 Å². The molecule has 0 spiro atoms. The second-order valence-corrected chi connectivity index (χ2v) is 8.83. The van der Waals surface area contributed by atoms with Crippen LogP contribution in [0.1, 0.15) is 51.2 Å². The van der Waals surface area contributed by atoms with E-state index in [-0.39, 0.29) is 12.3 Å². The summed E-state index contributed by atoms with van der Waals surface area (Å²) < 4.78 is 16.0. The number of rotatable bonds is 9. The van der Waals surface area contributed by atoms with Crippen LogP contribution in [0.3, 0.4) is 0 Å². The fourth-order valence-electron chi connectivity index (χ4n) is 3.20. The van der Waals surface area contributed by atoms with E-state index in [2.05, 4.69) is 0 Å². The molecule has 2 rings (SSSR count). The quantitative estimate of drug-likeness (QED) is 0.530. The number of hydrogen-bond acceptors (Lipinski definition) is 6. The molecule has 7 heteroatoms. The van der Waals surface area contributed by atoms with Crippen LogP contribution in [0.15, 0.2) is 54.6 Å². The lowest BCUT2D eigenvalue weighted by atomic mass is 9.93. The van der Waals surface area contributed by atoms with Crippen LogP contribution in [-0.2, 0) is 30.5 Å². The Labute approximate surface area is 195 Å². The standard InChI is InChI=1S/C26H33NO6/c1-18(25(30)31-6)27(5)24(29)22(16-23(28)33-26(2,3)4)20-12-14-21(15-13-20)32-17-19-10-8-7-9-11-19/h7-15,18,22H,16-17H2,1-6H3/t18-,22+/m0/s1. The lowest BCUT2D eigenvalue weighted by molar-refractivity contribution is -0.157. The van der Waals surface area contributed by atoms with Gasteiger partial charge < -0.3 is 19.1 Å². The first-order chi connectivity index (χ1) is 15.5. The Morgan fingerprint density at radius 3 is 2.12 bits per heavy atom. The molecular formula is C26H33NO6. The number of methoxy groups -OCH3 is 1. The van der Waals surface area contributed by atoms with Crippen molar-refractivity contribution >= 4 is 17.8 Å². The molecule has 2 aromatic carbocycles. The minimum absolute atomic E-state index is 0.154. The third kappa shape index (κ3) is 7.93. The second-order valence-electron chi connectivity index (χ2n) is 8.83. The summed E-state index contributed by atoms with van der Waals surface area (Å²) in [4.78, 5) is 39.1. The van der Waals surface area contributed by atoms with Gasteiger partial charge in [0.1, 0.15) is 24.0 Å². The number of amides is 1. The lowest BCUT2D eigenvalue weighted by Crippen LogP contribution is -2.43. The van der Waals surface area contributed by atoms with Crippen LogP contribution in [-0.4, -0.2) is 48.5 Å². The summed E-state index contributed by atoms with van der Waals surface area (Å²) in [5.41, 5.74) is 0.991. The van der Waals surface area contributed by atoms with E-state index in [0.717, 1.165) is 5.56 Å². The zero-order chi connectivity index (χ0) is 24.6. The maximum absolute atomic E-state index is 13.3. The van der Waals surface area contributed by atoms with Gasteiger partial charge in [-0.25, -0.2) is 4.79 Å². The molecule has 7 nitrogen and oxygen atoms in total. The van der Waals surface area contributed by atoms with Crippen molar-refractivity contribution in [1.29, 1.82) is 0 Å². The number of carbonyl (C=O) groups is 3. The monoisotopic (exact) mass is 455 g/mol. The molecule has 0 N–H and O–H groups in total. The molecule has 0 aliphatic heterocycles. The minimum Gasteiger partial charge on any atom is -0.489 e. The molecule has 0 bridgehead atoms. The molecule has 0 aromatic heterocycles. The van der Waals surface area contributed by atoms with Crippen molar-refractivity contribution in [2.75, 3.05) is 14.2 Å². The predicted octanol–water partition coefficient (Wildman–Crippen LogP) is 4.10. The third-order valence-corrected chi connectivity index (χ3v) is 5.09. The van der Waals surface area contributed by atoms with Gasteiger partial charge in [0.05, 0.1) is 19.4 Å². The van der Waals surface area contributed by atoms with Crippen LogP contribution in [0.2, 0.25) is 0 Å². The number of nitrogens with zero attached hydrogens (tertiary/aromatic N) is 1. The molecule has 0 aliphatic carbocycles. The number of benzene rings is 2. The topological polar surface area (TPSA) is 82.1 Å². The highest BCUT2D eigenvalue weighted by Crippen LogP contribution is 2.27. The highest BCUT2D eigenvalue weighted by atomic mass is 16.6. The number of esters is 2. The molecule has 0 heterocycles. The number of ether oxygens (including phenoxy) is 3. The first-order valence-electron chi connectivity index (χ1n) is 10.8. The van der Waals surface area contributed by atoms with Crippen LogP contribution in [0.5, 0.6) is 5.75 Å². The fraction of sp³-hybridized carbons (Fsp3) is 0.423. The second kappa shape index (κ2) is 11.5. The van der Waals surface area contributed by atoms with Crippen LogP contribution in [0, 0.1) is 0 Å². The van der Waals surface area contributed by atoms with E-state index in [9.17, 15) is 14.4 Å². The van der Waals surface area contributed by atoms with Crippen molar-refractivity contribution in [2.24, 2.45) is 0 Å². The normalized spacial score (nSPS) is 12.9. The summed E-state index contributed by atoms with van der Waals surface area (Å²) in [5, 5.41) is 0. The summed E-state index contributed by atoms with van der Waals surface area (Å²) in [7, 11) is 2.78. The largest absolute Gasteiger partial charge is 0.489 e. The molecule has 2 atom stereocenters. The van der Waals surface area contributed by atoms with Crippen LogP contribution >= 0.6 is 0 Å². The van der Waals surface area contributed by atoms with Crippen molar-refractivity contribution in [3.05, 3.63) is 65.7 Å². The summed E-state index contributed by atoms with van der Waals surface area (Å²) in [6.07, 6.45) is -0.154. The smallest absolute Gasteiger partial charge is 0.328 e. The van der Waals surface area contributed by atoms with Gasteiger partial charge >= 0.3 is 11.9 Å². The summed E-state index contributed by atoms with van der Waals surface area (Å²) in [6, 6.07) is 16.0. The van der Waals surface area contributed by atoms with Gasteiger partial charge in [-0.05, 0) is 51.0 Å². The van der Waals surface area contributed by atoms with E-state index in [1.54, 1.807) is 52.0 Å². The molecule has 2 aromatic rings. The average Bonchev–Trinajstić information content (AvgIpc) is 2.79. The van der Waals surface area contributed by atoms with Gasteiger partial charge in [0.15, 0.2) is 0 Å². The zero-order valence-electron chi connectivity index (χ0n) is 20.2. The van der Waals surface area contributed by atoms with Crippen molar-refractivity contribution < 1.29 is 28.6 Å². The maximum atomic E-state index is 13.3. The van der Waals surface area contributed by atoms with E-state index in [1.807, 2.05) is 30.3 Å². The maximum Gasteiger partial charge on any atom is 0.328 e. The predicted molar refractivity (Wildman–Crippen MR) is 125 cm³/mol. The number of hydrogen-bond donors (Lipinski definition) is 0. The Morgan fingerprint density at radius 2 is 1.58 bits per heavy atom. The molecule has 33 heavy (non-hydrogen) atoms. The van der Waals surface area contributed by atoms with Gasteiger partial charge in [-0.3, -0.25) is 9.59 Å². The SMILES string of the molecule is COC(=O)[C@H](C)N(C)C(=O)[C@H](CC(=O)OC(C)(C)C)c1ccc(OCc2ccccc2)cc1. The molecule has 0 saturated carbocycles. The first kappa shape index (κ1) is 25.9. The van der Waals surface area contributed by atoms with Crippen LogP contribution in [0.25, 0.3) is 0 Å². The Morgan fingerprint density at radius 1 is 0.970 bits per heavy atom. The number of carbonyl (C=O) groups excluding carboxylic acids is 3. The highest BCUT2D eigenvalue weighted by Gasteiger charge is 2.32. The Kier molecular flexibility index (Phi) is 9.02. The van der Waals surface area contributed by atoms with Crippen molar-refractivity contribution in [2.45, 2.75) is 58.3 Å². The third-order valence-electron chi connectivity index (χ3n) is 5.09. The molecule has 178 valence electrons. The van der Waals surface area contributed by atoms with E-state index in [1.165, 1.54) is 19.1 Å². The van der Waals surface area contributed by atoms with E-state index in [0.29, 0.717) is 17.9 Å². The molecule has 1 amide bonds. The average molecular weight is 456 g/mol. The van der Waals surface area contributed by atoms with Gasteiger partial charge in [-0.2, -0.15) is 0 Å². The summed E-state index contributed by atoms with van der Waals surface area (Å²) >= 11 is 0. The molecule has 0 fully saturated rings. The number of likely N-dealkylation sites (N-methyl/N-ethyl adjacent to an activating group) is 1. The minimum atomic E-state index is -0.819. The summed E-state index contributed by atoms with van der Waals surface area (Å²) in [5.74, 6) is -1.59. The van der Waals surface area contributed by atoms with Gasteiger partial charge in [0, 0.05) is 7.05 Å². The van der Waals surface area contributed by atoms with Crippen LogP contribution < -0.4 is 4.74 Å². The highest BCUT2D eigenvalue weighted by molar-refractivity contribution is 5.91. The molecule has 0 radical (unpaired) electrons. The Hall–Kier alpha value is -3.35. The molecule has 0 saturated heterocycles. The molecular weight excluding hydrogens is 422 g/mol. The van der Waals surface area contributed by atoms with Crippen molar-refractivity contribution in [1.82, 2.24) is 4.90 Å². The van der Waals surface area contributed by atoms with Gasteiger partial charge in [-0.1, -0.05) is 42.5 Å². The van der Waals surface area contributed by atoms with E-state index >= 15 is 0 Å². The zero-order valence-corrected chi connectivity index (χ0v) is 20.2. The summed E-state index contributed by atoms with van der Waals surface area (Å²) in [6.45, 7) is 7.30. The van der Waals surface area contributed by atoms with Gasteiger partial charge in [-0.15, -0.1) is 0 Å². The lowest BCUT2D eigenvalue weighted by Gasteiger charge is -2.28. The first-order valence-corrected chi connectivity index (χ1v) is 10.8. The van der Waals surface area contributed by atoms with Gasteiger partial charge in [0.25, 0.3) is 0 Å². The Balaban J connectivity index is 2.21. The Bertz CT molecular complexity index is 934. The fourth-order valence-corrected chi connectivity index (χ4v) is 3.20. The van der Waals surface area contributed by atoms with Crippen molar-refractivity contribution in [3.8, 4) is 5.75 Å². The van der Waals surface area contributed by atoms with E-state index < -0.39 is 29.5 Å². The van der Waals surface area contributed by atoms with E-state index in [4.69, 9.17) is 14.2 Å². The molecule has 0 aliphatic rings. The molecule has 0 unspecified atom stereocenters. The van der Waals surface area contributed by atoms with Crippen LogP contribution in [0.4, 0.5) is 0 Å². The van der Waals surface area contributed by atoms with Gasteiger partial charge in [0.2, 0.25) is 5.91 Å².